The number of ether oxygens (including phenoxy) is 2. The maximum absolute atomic E-state index is 14.6. The third kappa shape index (κ3) is 6.83. The lowest BCUT2D eigenvalue weighted by atomic mass is 9.75. The Balaban J connectivity index is 1.89. The van der Waals surface area contributed by atoms with Crippen LogP contribution < -0.4 is 0 Å². The topological polar surface area (TPSA) is 74.2 Å². The van der Waals surface area contributed by atoms with Crippen LogP contribution in [0.2, 0.25) is 0 Å². The van der Waals surface area contributed by atoms with Gasteiger partial charge < -0.3 is 23.6 Å². The molecule has 8 atom stereocenters. The molecule has 3 aliphatic rings. The van der Waals surface area contributed by atoms with Crippen molar-refractivity contribution in [2.75, 3.05) is 6.61 Å². The predicted octanol–water partition coefficient (Wildman–Crippen LogP) is 6.60. The van der Waals surface area contributed by atoms with Crippen LogP contribution in [-0.4, -0.2) is 41.7 Å². The summed E-state index contributed by atoms with van der Waals surface area (Å²) in [4.78, 5) is 0. The second-order valence-corrected chi connectivity index (χ2v) is 14.3. The molecule has 3 fully saturated rings. The van der Waals surface area contributed by atoms with E-state index in [1.165, 1.54) is 0 Å². The second kappa shape index (κ2) is 11.0. The summed E-state index contributed by atoms with van der Waals surface area (Å²) in [6.45, 7) is 17.0. The monoisotopic (exact) mass is 488 g/mol. The minimum absolute atomic E-state index is 0.175. The van der Waals surface area contributed by atoms with E-state index in [1.54, 1.807) is 0 Å². The molecule has 0 aromatic rings. The fraction of sp³-hybridized carbons (Fsp3) is 1.00. The molecule has 1 aliphatic heterocycles. The third-order valence-corrected chi connectivity index (χ3v) is 10.3. The number of aliphatic hydroxyl groups excluding tert-OH is 1. The van der Waals surface area contributed by atoms with Crippen LogP contribution in [0, 0.1) is 35.5 Å². The summed E-state index contributed by atoms with van der Waals surface area (Å²) in [5, 5.41) is 11.4. The fourth-order valence-electron chi connectivity index (χ4n) is 6.06. The summed E-state index contributed by atoms with van der Waals surface area (Å²) in [5.74, 6) is 0.234. The molecule has 33 heavy (non-hydrogen) atoms. The molecule has 3 rings (SSSR count). The van der Waals surface area contributed by atoms with Gasteiger partial charge in [0.2, 0.25) is 0 Å². The van der Waals surface area contributed by atoms with Crippen molar-refractivity contribution in [3.8, 4) is 0 Å². The van der Waals surface area contributed by atoms with Crippen LogP contribution in [0.5, 0.6) is 0 Å². The molecule has 2 aliphatic carbocycles. The molecule has 0 spiro atoms. The zero-order valence-electron chi connectivity index (χ0n) is 22.2. The maximum atomic E-state index is 14.6. The molecule has 7 heteroatoms. The smallest absolute Gasteiger partial charge is 0.362 e. The molecule has 2 saturated carbocycles. The molecule has 0 amide bonds. The van der Waals surface area contributed by atoms with Gasteiger partial charge in [0.25, 0.3) is 0 Å². The first-order valence-corrected chi connectivity index (χ1v) is 14.9. The van der Waals surface area contributed by atoms with Crippen LogP contribution >= 0.6 is 7.60 Å². The molecule has 0 aromatic heterocycles. The first-order valence-electron chi connectivity index (χ1n) is 13.3. The van der Waals surface area contributed by atoms with E-state index in [4.69, 9.17) is 18.5 Å². The highest BCUT2D eigenvalue weighted by Gasteiger charge is 2.51. The average molecular weight is 489 g/mol. The van der Waals surface area contributed by atoms with Gasteiger partial charge in [-0.05, 0) is 75.0 Å². The van der Waals surface area contributed by atoms with Crippen molar-refractivity contribution in [3.63, 3.8) is 0 Å². The molecule has 1 saturated heterocycles. The Morgan fingerprint density at radius 1 is 0.879 bits per heavy atom. The van der Waals surface area contributed by atoms with Gasteiger partial charge in [0, 0.05) is 0 Å². The van der Waals surface area contributed by atoms with Crippen LogP contribution in [0.3, 0.4) is 0 Å². The fourth-order valence-corrected chi connectivity index (χ4v) is 8.16. The predicted molar refractivity (Wildman–Crippen MR) is 131 cm³/mol. The lowest BCUT2D eigenvalue weighted by Crippen LogP contribution is -2.40. The Morgan fingerprint density at radius 3 is 1.70 bits per heavy atom. The van der Waals surface area contributed by atoms with E-state index >= 15 is 0 Å². The number of aliphatic hydroxyl groups is 1. The minimum atomic E-state index is -3.91. The first-order chi connectivity index (χ1) is 15.3. The van der Waals surface area contributed by atoms with E-state index < -0.39 is 25.3 Å². The van der Waals surface area contributed by atoms with Crippen molar-refractivity contribution in [1.82, 2.24) is 0 Å². The first kappa shape index (κ1) is 27.6. The van der Waals surface area contributed by atoms with Gasteiger partial charge in [0.1, 0.15) is 6.10 Å². The van der Waals surface area contributed by atoms with Crippen LogP contribution in [-0.2, 0) is 23.1 Å². The van der Waals surface area contributed by atoms with E-state index in [0.29, 0.717) is 35.5 Å². The van der Waals surface area contributed by atoms with Gasteiger partial charge in [-0.3, -0.25) is 4.57 Å². The van der Waals surface area contributed by atoms with Crippen molar-refractivity contribution in [2.45, 2.75) is 124 Å². The molecule has 6 nitrogen and oxygen atoms in total. The van der Waals surface area contributed by atoms with E-state index in [2.05, 4.69) is 41.5 Å². The lowest BCUT2D eigenvalue weighted by Gasteiger charge is -2.43. The van der Waals surface area contributed by atoms with Crippen LogP contribution in [0.15, 0.2) is 0 Å². The Morgan fingerprint density at radius 2 is 1.33 bits per heavy atom. The summed E-state index contributed by atoms with van der Waals surface area (Å²) in [6, 6.07) is 0. The SMILES string of the molecule is CC(C)[C@H]1CC[C@@H](C)C[C@H]1OP(=O)(O[C@@H]1C[C@H](C)CC[C@@H]1C(C)C)[C@H](O)[C@H]1COC(C)(C)O1. The Kier molecular flexibility index (Phi) is 9.18. The molecular weight excluding hydrogens is 439 g/mol. The second-order valence-electron chi connectivity index (χ2n) is 12.3. The van der Waals surface area contributed by atoms with Gasteiger partial charge in [-0.1, -0.05) is 54.4 Å². The third-order valence-electron chi connectivity index (χ3n) is 8.17. The zero-order chi connectivity index (χ0) is 24.6. The maximum Gasteiger partial charge on any atom is 0.362 e. The van der Waals surface area contributed by atoms with Crippen molar-refractivity contribution < 1.29 is 28.2 Å². The van der Waals surface area contributed by atoms with Gasteiger partial charge in [0.15, 0.2) is 11.6 Å². The number of rotatable bonds is 8. The van der Waals surface area contributed by atoms with E-state index in [-0.39, 0.29) is 18.8 Å². The molecule has 194 valence electrons. The number of hydrogen-bond donors (Lipinski definition) is 1. The largest absolute Gasteiger partial charge is 0.378 e. The van der Waals surface area contributed by atoms with E-state index in [9.17, 15) is 9.67 Å². The quantitative estimate of drug-likeness (QED) is 0.388. The summed E-state index contributed by atoms with van der Waals surface area (Å²) in [7, 11) is -3.91. The van der Waals surface area contributed by atoms with Crippen LogP contribution in [0.25, 0.3) is 0 Å². The molecule has 0 bridgehead atoms. The van der Waals surface area contributed by atoms with Gasteiger partial charge in [-0.15, -0.1) is 0 Å². The molecule has 0 aromatic carbocycles. The Labute approximate surface area is 202 Å². The summed E-state index contributed by atoms with van der Waals surface area (Å²) >= 11 is 0. The van der Waals surface area contributed by atoms with Crippen LogP contribution in [0.1, 0.15) is 93.9 Å². The van der Waals surface area contributed by atoms with E-state index in [1.807, 2.05) is 13.8 Å². The number of hydrogen-bond acceptors (Lipinski definition) is 6. The Hall–Kier alpha value is 0.0300. The standard InChI is InChI=1S/C26H49O6P/c1-16(2)20-11-9-18(5)13-22(20)31-33(28,25(27)24-15-29-26(7,8)30-24)32-23-14-19(6)10-12-21(23)17(3)4/h16-25,27H,9-15H2,1-8H3/t18-,19-,20-,21-,22-,23-,24-,25+/m1/s1. The van der Waals surface area contributed by atoms with Crippen molar-refractivity contribution in [2.24, 2.45) is 35.5 Å². The van der Waals surface area contributed by atoms with Crippen LogP contribution in [0.4, 0.5) is 0 Å². The highest BCUT2D eigenvalue weighted by Crippen LogP contribution is 2.60. The van der Waals surface area contributed by atoms with Gasteiger partial charge in [-0.2, -0.15) is 0 Å². The van der Waals surface area contributed by atoms with Crippen molar-refractivity contribution >= 4 is 7.60 Å². The highest BCUT2D eigenvalue weighted by atomic mass is 31.2. The molecule has 0 unspecified atom stereocenters. The van der Waals surface area contributed by atoms with Gasteiger partial charge >= 0.3 is 7.60 Å². The highest BCUT2D eigenvalue weighted by molar-refractivity contribution is 7.54. The lowest BCUT2D eigenvalue weighted by molar-refractivity contribution is -0.147. The molecular formula is C26H49O6P. The molecule has 1 N–H and O–H groups in total. The molecule has 1 heterocycles. The van der Waals surface area contributed by atoms with Gasteiger partial charge in [0.05, 0.1) is 18.8 Å². The Bertz CT molecular complexity index is 642. The minimum Gasteiger partial charge on any atom is -0.378 e. The average Bonchev–Trinajstić information content (AvgIpc) is 3.06. The summed E-state index contributed by atoms with van der Waals surface area (Å²) < 4.78 is 39.1. The van der Waals surface area contributed by atoms with Gasteiger partial charge in [-0.25, -0.2) is 0 Å². The zero-order valence-corrected chi connectivity index (χ0v) is 23.1. The van der Waals surface area contributed by atoms with Crippen molar-refractivity contribution in [3.05, 3.63) is 0 Å². The van der Waals surface area contributed by atoms with E-state index in [0.717, 1.165) is 38.5 Å². The van der Waals surface area contributed by atoms with Crippen molar-refractivity contribution in [1.29, 1.82) is 0 Å². The molecule has 0 radical (unpaired) electrons. The summed E-state index contributed by atoms with van der Waals surface area (Å²) in [5.41, 5.74) is 0. The summed E-state index contributed by atoms with van der Waals surface area (Å²) in [6.07, 6.45) is 4.96. The normalized spacial score (nSPS) is 38.7.